The van der Waals surface area contributed by atoms with E-state index < -0.39 is 5.97 Å². The molecule has 1 aliphatic rings. The van der Waals surface area contributed by atoms with Crippen molar-refractivity contribution < 1.29 is 14.7 Å². The van der Waals surface area contributed by atoms with Gasteiger partial charge in [0.2, 0.25) is 5.91 Å². The predicted molar refractivity (Wildman–Crippen MR) is 81.3 cm³/mol. The van der Waals surface area contributed by atoms with Crippen LogP contribution in [-0.2, 0) is 9.59 Å². The van der Waals surface area contributed by atoms with Crippen molar-refractivity contribution in [3.05, 3.63) is 29.3 Å². The number of amides is 1. The topological polar surface area (TPSA) is 83.6 Å². The fourth-order valence-corrected chi connectivity index (χ4v) is 3.02. The molecule has 2 unspecified atom stereocenters. The van der Waals surface area contributed by atoms with Crippen molar-refractivity contribution >= 4 is 29.2 Å². The van der Waals surface area contributed by atoms with Gasteiger partial charge in [0.05, 0.1) is 0 Å². The second-order valence-electron chi connectivity index (χ2n) is 5.33. The van der Waals surface area contributed by atoms with Crippen LogP contribution < -0.4 is 10.6 Å². The van der Waals surface area contributed by atoms with E-state index in [0.717, 1.165) is 19.3 Å². The number of benzene rings is 1. The molecule has 0 spiro atoms. The predicted octanol–water partition coefficient (Wildman–Crippen LogP) is 2.13. The first kappa shape index (κ1) is 15.8. The molecular weight excluding hydrogens is 292 g/mol. The summed E-state index contributed by atoms with van der Waals surface area (Å²) in [4.78, 5) is 25.1. The Morgan fingerprint density at radius 2 is 1.95 bits per heavy atom. The molecule has 0 aliphatic heterocycles. The lowest BCUT2D eigenvalue weighted by molar-refractivity contribution is -0.137. The number of aliphatic carboxylic acids is 1. The number of hydrogen-bond acceptors (Lipinski definition) is 3. The van der Waals surface area contributed by atoms with Crippen LogP contribution in [0.25, 0.3) is 0 Å². The highest BCUT2D eigenvalue weighted by atomic mass is 35.5. The van der Waals surface area contributed by atoms with Gasteiger partial charge in [-0.15, -0.1) is 0 Å². The Bertz CT molecular complexity index is 518. The van der Waals surface area contributed by atoms with Crippen LogP contribution in [0.4, 0.5) is 5.69 Å². The van der Waals surface area contributed by atoms with Gasteiger partial charge >= 0.3 is 5.97 Å². The summed E-state index contributed by atoms with van der Waals surface area (Å²) < 4.78 is 0. The first-order valence-corrected chi connectivity index (χ1v) is 7.39. The van der Waals surface area contributed by atoms with Gasteiger partial charge in [-0.1, -0.05) is 18.0 Å². The van der Waals surface area contributed by atoms with Crippen molar-refractivity contribution in [1.82, 2.24) is 0 Å². The quantitative estimate of drug-likeness (QED) is 0.872. The van der Waals surface area contributed by atoms with E-state index in [9.17, 15) is 9.59 Å². The third-order valence-corrected chi connectivity index (χ3v) is 4.23. The maximum atomic E-state index is 12.7. The fraction of sp³-hybridized carbons (Fsp3) is 0.467. The van der Waals surface area contributed by atoms with E-state index in [1.807, 2.05) is 0 Å². The van der Waals surface area contributed by atoms with Crippen LogP contribution in [0.3, 0.4) is 0 Å². The molecule has 0 bridgehead atoms. The molecule has 1 aliphatic carbocycles. The molecule has 0 heterocycles. The largest absolute Gasteiger partial charge is 0.480 e. The summed E-state index contributed by atoms with van der Waals surface area (Å²) in [5, 5.41) is 9.61. The minimum absolute atomic E-state index is 0.140. The molecule has 3 N–H and O–H groups in total. The molecule has 1 amide bonds. The van der Waals surface area contributed by atoms with Crippen molar-refractivity contribution in [2.45, 2.75) is 19.3 Å². The third kappa shape index (κ3) is 3.74. The maximum absolute atomic E-state index is 12.7. The lowest BCUT2D eigenvalue weighted by Crippen LogP contribution is -2.42. The van der Waals surface area contributed by atoms with Gasteiger partial charge in [0.15, 0.2) is 0 Å². The minimum Gasteiger partial charge on any atom is -0.480 e. The van der Waals surface area contributed by atoms with Crippen molar-refractivity contribution in [3.8, 4) is 0 Å². The molecule has 2 rings (SSSR count). The number of nitrogens with two attached hydrogens (primary N) is 1. The Hall–Kier alpha value is -1.59. The van der Waals surface area contributed by atoms with Crippen LogP contribution in [0.2, 0.25) is 5.02 Å². The number of hydrogen-bond donors (Lipinski definition) is 2. The molecule has 1 fully saturated rings. The number of carbonyl (C=O) groups is 2. The summed E-state index contributed by atoms with van der Waals surface area (Å²) in [5.41, 5.74) is 6.27. The van der Waals surface area contributed by atoms with E-state index in [4.69, 9.17) is 22.4 Å². The number of carboxylic acids is 1. The zero-order valence-corrected chi connectivity index (χ0v) is 12.4. The molecule has 0 saturated heterocycles. The van der Waals surface area contributed by atoms with Gasteiger partial charge < -0.3 is 15.7 Å². The number of rotatable bonds is 5. The molecule has 6 heteroatoms. The monoisotopic (exact) mass is 310 g/mol. The number of carboxylic acid groups (broad SMARTS) is 1. The molecular formula is C15H19ClN2O3. The Morgan fingerprint density at radius 1 is 1.29 bits per heavy atom. The lowest BCUT2D eigenvalue weighted by atomic mass is 9.94. The van der Waals surface area contributed by atoms with E-state index in [1.165, 1.54) is 4.90 Å². The van der Waals surface area contributed by atoms with Crippen LogP contribution in [0.1, 0.15) is 19.3 Å². The molecule has 5 nitrogen and oxygen atoms in total. The third-order valence-electron chi connectivity index (χ3n) is 3.98. The highest BCUT2D eigenvalue weighted by Gasteiger charge is 2.35. The molecule has 2 atom stereocenters. The molecule has 21 heavy (non-hydrogen) atoms. The smallest absolute Gasteiger partial charge is 0.323 e. The molecule has 0 radical (unpaired) electrons. The highest BCUT2D eigenvalue weighted by molar-refractivity contribution is 6.30. The molecule has 1 saturated carbocycles. The second-order valence-corrected chi connectivity index (χ2v) is 5.76. The average Bonchev–Trinajstić information content (AvgIpc) is 2.93. The zero-order chi connectivity index (χ0) is 15.4. The molecule has 1 aromatic rings. The Balaban J connectivity index is 2.24. The van der Waals surface area contributed by atoms with E-state index in [2.05, 4.69) is 0 Å². The first-order valence-electron chi connectivity index (χ1n) is 7.01. The van der Waals surface area contributed by atoms with Crippen molar-refractivity contribution in [2.24, 2.45) is 17.6 Å². The van der Waals surface area contributed by atoms with Gasteiger partial charge in [0, 0.05) is 16.6 Å². The maximum Gasteiger partial charge on any atom is 0.323 e. The summed E-state index contributed by atoms with van der Waals surface area (Å²) in [6.45, 7) is 0.103. The number of nitrogens with zero attached hydrogens (tertiary/aromatic N) is 1. The standard InChI is InChI=1S/C15H19ClN2O3/c16-11-4-6-12(7-5-11)18(9-14(19)20)15(21)13-3-1-2-10(13)8-17/h4-7,10,13H,1-3,8-9,17H2,(H,19,20). The van der Waals surface area contributed by atoms with Gasteiger partial charge in [-0.3, -0.25) is 9.59 Å². The lowest BCUT2D eigenvalue weighted by Gasteiger charge is -2.27. The van der Waals surface area contributed by atoms with E-state index in [0.29, 0.717) is 17.3 Å². The molecule has 0 aromatic heterocycles. The van der Waals surface area contributed by atoms with Gasteiger partial charge in [0.1, 0.15) is 6.54 Å². The van der Waals surface area contributed by atoms with Crippen LogP contribution in [0.5, 0.6) is 0 Å². The average molecular weight is 311 g/mol. The van der Waals surface area contributed by atoms with Crippen molar-refractivity contribution in [1.29, 1.82) is 0 Å². The number of carbonyl (C=O) groups excluding carboxylic acids is 1. The van der Waals surface area contributed by atoms with E-state index in [1.54, 1.807) is 24.3 Å². The SMILES string of the molecule is NCC1CCCC1C(=O)N(CC(=O)O)c1ccc(Cl)cc1. The van der Waals surface area contributed by atoms with E-state index in [-0.39, 0.29) is 24.3 Å². The van der Waals surface area contributed by atoms with Crippen molar-refractivity contribution in [3.63, 3.8) is 0 Å². The van der Waals surface area contributed by atoms with Crippen LogP contribution in [-0.4, -0.2) is 30.1 Å². The van der Waals surface area contributed by atoms with Crippen LogP contribution in [0.15, 0.2) is 24.3 Å². The summed E-state index contributed by atoms with van der Waals surface area (Å²) in [6.07, 6.45) is 2.65. The Kier molecular flexibility index (Phi) is 5.20. The molecule has 1 aromatic carbocycles. The fourth-order valence-electron chi connectivity index (χ4n) is 2.90. The summed E-state index contributed by atoms with van der Waals surface area (Å²) in [6, 6.07) is 6.62. The van der Waals surface area contributed by atoms with E-state index >= 15 is 0 Å². The molecule has 114 valence electrons. The van der Waals surface area contributed by atoms with Crippen LogP contribution in [0, 0.1) is 11.8 Å². The van der Waals surface area contributed by atoms with Gasteiger partial charge in [-0.05, 0) is 49.6 Å². The van der Waals surface area contributed by atoms with Crippen LogP contribution >= 0.6 is 11.6 Å². The summed E-state index contributed by atoms with van der Waals surface area (Å²) in [5.74, 6) is -1.25. The number of halogens is 1. The highest BCUT2D eigenvalue weighted by Crippen LogP contribution is 2.33. The normalized spacial score (nSPS) is 21.2. The number of anilines is 1. The summed E-state index contributed by atoms with van der Waals surface area (Å²) >= 11 is 5.84. The van der Waals surface area contributed by atoms with Crippen molar-refractivity contribution in [2.75, 3.05) is 18.0 Å². The van der Waals surface area contributed by atoms with Gasteiger partial charge in [-0.2, -0.15) is 0 Å². The Morgan fingerprint density at radius 3 is 2.52 bits per heavy atom. The van der Waals surface area contributed by atoms with Gasteiger partial charge in [-0.25, -0.2) is 0 Å². The Labute approximate surface area is 128 Å². The second kappa shape index (κ2) is 6.91. The summed E-state index contributed by atoms with van der Waals surface area (Å²) in [7, 11) is 0. The minimum atomic E-state index is -1.04. The first-order chi connectivity index (χ1) is 10.0. The van der Waals surface area contributed by atoms with Gasteiger partial charge in [0.25, 0.3) is 0 Å². The zero-order valence-electron chi connectivity index (χ0n) is 11.7.